The van der Waals surface area contributed by atoms with E-state index in [0.29, 0.717) is 11.4 Å². The Morgan fingerprint density at radius 3 is 2.76 bits per heavy atom. The molecule has 1 aromatic heterocycles. The van der Waals surface area contributed by atoms with E-state index in [1.54, 1.807) is 6.20 Å². The van der Waals surface area contributed by atoms with Crippen LogP contribution < -0.4 is 5.32 Å². The number of rotatable bonds is 1. The van der Waals surface area contributed by atoms with Crippen LogP contribution in [0.25, 0.3) is 10.9 Å². The van der Waals surface area contributed by atoms with Crippen molar-refractivity contribution in [1.82, 2.24) is 10.2 Å². The van der Waals surface area contributed by atoms with Gasteiger partial charge in [0.25, 0.3) is 0 Å². The fourth-order valence-electron chi connectivity index (χ4n) is 2.97. The molecule has 2 heterocycles. The number of carbonyl (C=O) groups excluding carboxylic acids is 1. The summed E-state index contributed by atoms with van der Waals surface area (Å²) in [6.07, 6.45) is 2.22. The zero-order chi connectivity index (χ0) is 14.4. The van der Waals surface area contributed by atoms with Gasteiger partial charge >= 0.3 is 0 Å². The number of fused-ring (bicyclic) bond motifs is 3. The van der Waals surface area contributed by atoms with E-state index < -0.39 is 0 Å². The Bertz CT molecular complexity index is 838. The third-order valence-electron chi connectivity index (χ3n) is 3.94. The van der Waals surface area contributed by atoms with Crippen molar-refractivity contribution in [3.63, 3.8) is 0 Å². The number of aromatic nitrogens is 2. The highest BCUT2D eigenvalue weighted by molar-refractivity contribution is 6.30. The van der Waals surface area contributed by atoms with Gasteiger partial charge in [-0.05, 0) is 29.8 Å². The predicted octanol–water partition coefficient (Wildman–Crippen LogP) is 3.69. The molecule has 2 N–H and O–H groups in total. The van der Waals surface area contributed by atoms with E-state index in [0.717, 1.165) is 27.7 Å². The summed E-state index contributed by atoms with van der Waals surface area (Å²) >= 11 is 5.96. The van der Waals surface area contributed by atoms with Crippen molar-refractivity contribution >= 4 is 34.1 Å². The number of aromatic amines is 1. The van der Waals surface area contributed by atoms with Gasteiger partial charge in [-0.1, -0.05) is 23.7 Å². The van der Waals surface area contributed by atoms with Crippen LogP contribution >= 0.6 is 11.6 Å². The Morgan fingerprint density at radius 1 is 1.14 bits per heavy atom. The highest BCUT2D eigenvalue weighted by atomic mass is 35.5. The lowest BCUT2D eigenvalue weighted by molar-refractivity contribution is -0.116. The third-order valence-corrected chi connectivity index (χ3v) is 4.19. The lowest BCUT2D eigenvalue weighted by Crippen LogP contribution is -2.23. The van der Waals surface area contributed by atoms with E-state index >= 15 is 0 Å². The number of anilines is 1. The number of halogens is 1. The smallest absolute Gasteiger partial charge is 0.225 e. The van der Waals surface area contributed by atoms with Gasteiger partial charge in [0, 0.05) is 34.0 Å². The Kier molecular flexibility index (Phi) is 2.72. The van der Waals surface area contributed by atoms with Crippen molar-refractivity contribution in [3.05, 3.63) is 58.7 Å². The third kappa shape index (κ3) is 1.99. The molecule has 0 fully saturated rings. The van der Waals surface area contributed by atoms with Crippen molar-refractivity contribution in [1.29, 1.82) is 0 Å². The Labute approximate surface area is 126 Å². The first kappa shape index (κ1) is 12.4. The molecule has 1 aliphatic rings. The Morgan fingerprint density at radius 2 is 1.95 bits per heavy atom. The van der Waals surface area contributed by atoms with Gasteiger partial charge in [-0.3, -0.25) is 9.89 Å². The Hall–Kier alpha value is -2.33. The Balaban J connectivity index is 1.95. The molecule has 0 saturated carbocycles. The van der Waals surface area contributed by atoms with Crippen LogP contribution in [0.5, 0.6) is 0 Å². The van der Waals surface area contributed by atoms with Gasteiger partial charge in [0.05, 0.1) is 11.7 Å². The molecule has 0 spiro atoms. The topological polar surface area (TPSA) is 57.8 Å². The zero-order valence-corrected chi connectivity index (χ0v) is 11.8. The molecule has 0 saturated heterocycles. The minimum atomic E-state index is 0.00941. The molecule has 0 radical (unpaired) electrons. The molecule has 4 rings (SSSR count). The van der Waals surface area contributed by atoms with Gasteiger partial charge in [-0.15, -0.1) is 0 Å². The first-order valence-corrected chi connectivity index (χ1v) is 7.11. The maximum Gasteiger partial charge on any atom is 0.225 e. The van der Waals surface area contributed by atoms with Crippen LogP contribution in [0, 0.1) is 0 Å². The van der Waals surface area contributed by atoms with Crippen LogP contribution in [0.15, 0.2) is 42.6 Å². The average Bonchev–Trinajstić information content (AvgIpc) is 2.95. The van der Waals surface area contributed by atoms with Crippen LogP contribution in [0.4, 0.5) is 5.69 Å². The molecular weight excluding hydrogens is 286 g/mol. The van der Waals surface area contributed by atoms with Crippen molar-refractivity contribution in [3.8, 4) is 0 Å². The number of amides is 1. The summed E-state index contributed by atoms with van der Waals surface area (Å²) in [4.78, 5) is 12.0. The van der Waals surface area contributed by atoms with E-state index in [-0.39, 0.29) is 11.8 Å². The average molecular weight is 298 g/mol. The predicted molar refractivity (Wildman–Crippen MR) is 82.6 cm³/mol. The van der Waals surface area contributed by atoms with Gasteiger partial charge in [0.2, 0.25) is 5.91 Å². The summed E-state index contributed by atoms with van der Waals surface area (Å²) in [6, 6.07) is 11.6. The lowest BCUT2D eigenvalue weighted by Gasteiger charge is -2.26. The highest BCUT2D eigenvalue weighted by Gasteiger charge is 2.28. The number of nitrogens with zero attached hydrogens (tertiary/aromatic N) is 1. The number of hydrogen-bond acceptors (Lipinski definition) is 2. The summed E-state index contributed by atoms with van der Waals surface area (Å²) in [5, 5.41) is 11.8. The molecule has 1 amide bonds. The van der Waals surface area contributed by atoms with Crippen molar-refractivity contribution in [2.45, 2.75) is 12.3 Å². The molecule has 2 aromatic carbocycles. The van der Waals surface area contributed by atoms with E-state index in [2.05, 4.69) is 15.5 Å². The van der Waals surface area contributed by atoms with Gasteiger partial charge in [-0.25, -0.2) is 0 Å². The molecule has 3 aromatic rings. The second-order valence-electron chi connectivity index (χ2n) is 5.22. The second kappa shape index (κ2) is 4.60. The highest BCUT2D eigenvalue weighted by Crippen LogP contribution is 2.40. The summed E-state index contributed by atoms with van der Waals surface area (Å²) in [6.45, 7) is 0. The largest absolute Gasteiger partial charge is 0.326 e. The van der Waals surface area contributed by atoms with E-state index in [4.69, 9.17) is 11.6 Å². The lowest BCUT2D eigenvalue weighted by atomic mass is 9.84. The van der Waals surface area contributed by atoms with Crippen LogP contribution in [0.2, 0.25) is 5.02 Å². The van der Waals surface area contributed by atoms with E-state index in [1.165, 1.54) is 0 Å². The van der Waals surface area contributed by atoms with Gasteiger partial charge < -0.3 is 5.32 Å². The van der Waals surface area contributed by atoms with Gasteiger partial charge in [0.15, 0.2) is 0 Å². The summed E-state index contributed by atoms with van der Waals surface area (Å²) in [7, 11) is 0. The quantitative estimate of drug-likeness (QED) is 0.719. The molecule has 4 nitrogen and oxygen atoms in total. The van der Waals surface area contributed by atoms with Crippen molar-refractivity contribution in [2.24, 2.45) is 0 Å². The van der Waals surface area contributed by atoms with Gasteiger partial charge in [0.1, 0.15) is 0 Å². The zero-order valence-electron chi connectivity index (χ0n) is 11.1. The molecule has 21 heavy (non-hydrogen) atoms. The fourth-order valence-corrected chi connectivity index (χ4v) is 3.10. The van der Waals surface area contributed by atoms with Crippen LogP contribution in [-0.2, 0) is 4.79 Å². The number of H-pyrrole nitrogens is 1. The molecule has 1 aliphatic heterocycles. The first-order valence-electron chi connectivity index (χ1n) is 6.73. The standard InChI is InChI=1S/C16H12ClN3O/c17-11-4-1-9(2-5-11)12-7-14(21)19-13-6-3-10-8-18-20-16(10)15(12)13/h1-6,8,12H,7H2,(H,18,20)(H,19,21). The number of hydrogen-bond donors (Lipinski definition) is 2. The van der Waals surface area contributed by atoms with Gasteiger partial charge in [-0.2, -0.15) is 5.10 Å². The summed E-state index contributed by atoms with van der Waals surface area (Å²) < 4.78 is 0. The SMILES string of the molecule is O=C1CC(c2ccc(Cl)cc2)c2c(ccc3cn[nH]c23)N1. The maximum atomic E-state index is 12.0. The molecule has 0 bridgehead atoms. The summed E-state index contributed by atoms with van der Waals surface area (Å²) in [5.41, 5.74) is 4.00. The molecule has 1 unspecified atom stereocenters. The fraction of sp³-hybridized carbons (Fsp3) is 0.125. The molecule has 0 aliphatic carbocycles. The van der Waals surface area contributed by atoms with Crippen LogP contribution in [0.1, 0.15) is 23.5 Å². The number of carbonyl (C=O) groups is 1. The van der Waals surface area contributed by atoms with E-state index in [9.17, 15) is 4.79 Å². The summed E-state index contributed by atoms with van der Waals surface area (Å²) in [5.74, 6) is 0.0384. The molecule has 104 valence electrons. The second-order valence-corrected chi connectivity index (χ2v) is 5.65. The maximum absolute atomic E-state index is 12.0. The molecular formula is C16H12ClN3O. The van der Waals surface area contributed by atoms with E-state index in [1.807, 2.05) is 36.4 Å². The normalized spacial score (nSPS) is 17.6. The van der Waals surface area contributed by atoms with Crippen LogP contribution in [0.3, 0.4) is 0 Å². The van der Waals surface area contributed by atoms with Crippen molar-refractivity contribution < 1.29 is 4.79 Å². The first-order chi connectivity index (χ1) is 10.2. The van der Waals surface area contributed by atoms with Crippen LogP contribution in [-0.4, -0.2) is 16.1 Å². The number of benzene rings is 2. The van der Waals surface area contributed by atoms with Crippen molar-refractivity contribution in [2.75, 3.05) is 5.32 Å². The number of nitrogens with one attached hydrogen (secondary N) is 2. The molecule has 1 atom stereocenters. The minimum absolute atomic E-state index is 0.00941. The molecule has 5 heteroatoms. The minimum Gasteiger partial charge on any atom is -0.326 e. The monoisotopic (exact) mass is 297 g/mol.